The molecule has 2 amide bonds. The number of aromatic nitrogens is 2. The van der Waals surface area contributed by atoms with Crippen LogP contribution in [0.1, 0.15) is 26.7 Å². The molecule has 2 aromatic heterocycles. The van der Waals surface area contributed by atoms with Crippen LogP contribution >= 0.6 is 22.7 Å². The van der Waals surface area contributed by atoms with Gasteiger partial charge in [0.1, 0.15) is 5.01 Å². The molecular formula is C14H20N4O2S2. The van der Waals surface area contributed by atoms with E-state index < -0.39 is 0 Å². The molecule has 0 fully saturated rings. The van der Waals surface area contributed by atoms with Crippen molar-refractivity contribution in [3.8, 4) is 10.6 Å². The number of nitrogens with zero attached hydrogens (tertiary/aromatic N) is 2. The summed E-state index contributed by atoms with van der Waals surface area (Å²) < 4.78 is 0. The van der Waals surface area contributed by atoms with Crippen LogP contribution in [-0.4, -0.2) is 34.5 Å². The van der Waals surface area contributed by atoms with Crippen LogP contribution in [0.3, 0.4) is 0 Å². The van der Waals surface area contributed by atoms with E-state index in [9.17, 15) is 4.79 Å². The quantitative estimate of drug-likeness (QED) is 0.676. The predicted molar refractivity (Wildman–Crippen MR) is 90.3 cm³/mol. The van der Waals surface area contributed by atoms with E-state index in [1.54, 1.807) is 11.3 Å². The number of carbonyl (C=O) groups excluding carboxylic acids is 1. The molecule has 2 heterocycles. The summed E-state index contributed by atoms with van der Waals surface area (Å²) in [5.41, 5.74) is 0.912. The maximum atomic E-state index is 11.8. The van der Waals surface area contributed by atoms with Crippen LogP contribution in [0.2, 0.25) is 0 Å². The molecule has 0 radical (unpaired) electrons. The van der Waals surface area contributed by atoms with Crippen molar-refractivity contribution < 1.29 is 9.90 Å². The molecule has 0 bridgehead atoms. The second-order valence-corrected chi connectivity index (χ2v) is 7.49. The zero-order valence-electron chi connectivity index (χ0n) is 12.6. The van der Waals surface area contributed by atoms with Gasteiger partial charge in [-0.15, -0.1) is 10.2 Å². The summed E-state index contributed by atoms with van der Waals surface area (Å²) in [5, 5.41) is 27.9. The first-order valence-electron chi connectivity index (χ1n) is 7.02. The zero-order valence-corrected chi connectivity index (χ0v) is 14.3. The number of carbonyl (C=O) groups is 1. The highest BCUT2D eigenvalue weighted by atomic mass is 32.1. The van der Waals surface area contributed by atoms with Gasteiger partial charge in [-0.05, 0) is 29.7 Å². The molecule has 8 heteroatoms. The fourth-order valence-electron chi connectivity index (χ4n) is 1.77. The smallest absolute Gasteiger partial charge is 0.321 e. The number of hydrogen-bond acceptors (Lipinski definition) is 6. The van der Waals surface area contributed by atoms with Gasteiger partial charge in [0.15, 0.2) is 0 Å². The Bertz CT molecular complexity index is 596. The molecule has 120 valence electrons. The average molecular weight is 340 g/mol. The highest BCUT2D eigenvalue weighted by Gasteiger charge is 2.15. The van der Waals surface area contributed by atoms with Crippen LogP contribution in [0.4, 0.5) is 9.93 Å². The lowest BCUT2D eigenvalue weighted by atomic mass is 9.89. The molecule has 0 aliphatic carbocycles. The number of nitrogens with one attached hydrogen (secondary N) is 2. The largest absolute Gasteiger partial charge is 0.396 e. The van der Waals surface area contributed by atoms with Crippen molar-refractivity contribution >= 4 is 33.8 Å². The van der Waals surface area contributed by atoms with Gasteiger partial charge in [0.05, 0.1) is 0 Å². The van der Waals surface area contributed by atoms with Gasteiger partial charge in [0.25, 0.3) is 0 Å². The lowest BCUT2D eigenvalue weighted by molar-refractivity contribution is 0.148. The van der Waals surface area contributed by atoms with E-state index >= 15 is 0 Å². The number of aliphatic hydroxyl groups excluding tert-OH is 1. The third kappa shape index (κ3) is 5.04. The monoisotopic (exact) mass is 340 g/mol. The molecule has 6 nitrogen and oxygen atoms in total. The van der Waals surface area contributed by atoms with E-state index in [1.807, 2.05) is 30.7 Å². The van der Waals surface area contributed by atoms with E-state index in [0.717, 1.165) is 23.4 Å². The number of aliphatic hydroxyl groups is 1. The molecule has 0 aromatic carbocycles. The molecule has 0 saturated heterocycles. The molecule has 0 saturated carbocycles. The Balaban J connectivity index is 1.74. The fraction of sp³-hybridized carbons (Fsp3) is 0.500. The van der Waals surface area contributed by atoms with Crippen molar-refractivity contribution in [3.63, 3.8) is 0 Å². The Hall–Kier alpha value is -1.51. The second kappa shape index (κ2) is 7.66. The average Bonchev–Trinajstić information content (AvgIpc) is 3.14. The Morgan fingerprint density at radius 1 is 1.41 bits per heavy atom. The molecule has 0 spiro atoms. The van der Waals surface area contributed by atoms with Gasteiger partial charge in [-0.25, -0.2) is 4.79 Å². The standard InChI is InChI=1S/C14H20N4O2S2/c1-14(2,9-19)5-3-6-15-12(20)16-13-18-17-11(22-13)10-4-7-21-8-10/h4,7-8,19H,3,5-6,9H2,1-2H3,(H2,15,16,18,20). The Kier molecular flexibility index (Phi) is 5.87. The first kappa shape index (κ1) is 16.9. The number of thiophene rings is 1. The van der Waals surface area contributed by atoms with Crippen LogP contribution in [0, 0.1) is 5.41 Å². The van der Waals surface area contributed by atoms with E-state index in [0.29, 0.717) is 11.7 Å². The highest BCUT2D eigenvalue weighted by Crippen LogP contribution is 2.27. The number of rotatable bonds is 7. The van der Waals surface area contributed by atoms with Crippen molar-refractivity contribution in [1.82, 2.24) is 15.5 Å². The lowest BCUT2D eigenvalue weighted by Crippen LogP contribution is -2.30. The summed E-state index contributed by atoms with van der Waals surface area (Å²) in [6, 6.07) is 1.69. The Morgan fingerprint density at radius 3 is 2.91 bits per heavy atom. The van der Waals surface area contributed by atoms with Crippen molar-refractivity contribution in [2.75, 3.05) is 18.5 Å². The van der Waals surface area contributed by atoms with Crippen LogP contribution in [-0.2, 0) is 0 Å². The van der Waals surface area contributed by atoms with E-state index in [1.165, 1.54) is 11.3 Å². The number of anilines is 1. The van der Waals surface area contributed by atoms with Crippen LogP contribution < -0.4 is 10.6 Å². The van der Waals surface area contributed by atoms with Gasteiger partial charge < -0.3 is 10.4 Å². The third-order valence-corrected chi connectivity index (χ3v) is 4.73. The van der Waals surface area contributed by atoms with Gasteiger partial charge in [-0.2, -0.15) is 11.3 Å². The maximum absolute atomic E-state index is 11.8. The molecule has 22 heavy (non-hydrogen) atoms. The molecule has 2 rings (SSSR count). The second-order valence-electron chi connectivity index (χ2n) is 5.73. The SMILES string of the molecule is CC(C)(CO)CCCNC(=O)Nc1nnc(-c2ccsc2)s1. The van der Waals surface area contributed by atoms with E-state index in [2.05, 4.69) is 20.8 Å². The van der Waals surface area contributed by atoms with Crippen molar-refractivity contribution in [3.05, 3.63) is 16.8 Å². The van der Waals surface area contributed by atoms with Gasteiger partial charge in [0, 0.05) is 24.1 Å². The fourth-order valence-corrected chi connectivity index (χ4v) is 3.22. The minimum absolute atomic E-state index is 0.104. The predicted octanol–water partition coefficient (Wildman–Crippen LogP) is 3.19. The lowest BCUT2D eigenvalue weighted by Gasteiger charge is -2.21. The van der Waals surface area contributed by atoms with Crippen molar-refractivity contribution in [1.29, 1.82) is 0 Å². The molecular weight excluding hydrogens is 320 g/mol. The van der Waals surface area contributed by atoms with Gasteiger partial charge in [-0.3, -0.25) is 5.32 Å². The third-order valence-electron chi connectivity index (χ3n) is 3.16. The summed E-state index contributed by atoms with van der Waals surface area (Å²) in [4.78, 5) is 11.8. The topological polar surface area (TPSA) is 87.1 Å². The van der Waals surface area contributed by atoms with E-state index in [-0.39, 0.29) is 18.1 Å². The summed E-state index contributed by atoms with van der Waals surface area (Å²) in [6.45, 7) is 4.71. The summed E-state index contributed by atoms with van der Waals surface area (Å²) in [7, 11) is 0. The maximum Gasteiger partial charge on any atom is 0.321 e. The van der Waals surface area contributed by atoms with Gasteiger partial charge in [-0.1, -0.05) is 25.2 Å². The highest BCUT2D eigenvalue weighted by molar-refractivity contribution is 7.19. The first-order chi connectivity index (χ1) is 10.5. The first-order valence-corrected chi connectivity index (χ1v) is 8.78. The van der Waals surface area contributed by atoms with Crippen molar-refractivity contribution in [2.24, 2.45) is 5.41 Å². The Labute approximate surface area is 137 Å². The molecule has 0 aliphatic heterocycles. The zero-order chi connectivity index (χ0) is 16.0. The molecule has 0 atom stereocenters. The number of hydrogen-bond donors (Lipinski definition) is 3. The molecule has 0 unspecified atom stereocenters. The molecule has 2 aromatic rings. The minimum Gasteiger partial charge on any atom is -0.396 e. The number of amides is 2. The number of urea groups is 1. The van der Waals surface area contributed by atoms with E-state index in [4.69, 9.17) is 5.11 Å². The van der Waals surface area contributed by atoms with Crippen LogP contribution in [0.5, 0.6) is 0 Å². The Morgan fingerprint density at radius 2 is 2.23 bits per heavy atom. The van der Waals surface area contributed by atoms with Crippen molar-refractivity contribution in [2.45, 2.75) is 26.7 Å². The summed E-state index contributed by atoms with van der Waals surface area (Å²) >= 11 is 2.94. The molecule has 0 aliphatic rings. The molecule has 3 N–H and O–H groups in total. The van der Waals surface area contributed by atoms with Crippen LogP contribution in [0.25, 0.3) is 10.6 Å². The minimum atomic E-state index is -0.283. The van der Waals surface area contributed by atoms with Crippen LogP contribution in [0.15, 0.2) is 16.8 Å². The van der Waals surface area contributed by atoms with Gasteiger partial charge >= 0.3 is 6.03 Å². The normalized spacial score (nSPS) is 11.4. The van der Waals surface area contributed by atoms with Gasteiger partial charge in [0.2, 0.25) is 5.13 Å². The summed E-state index contributed by atoms with van der Waals surface area (Å²) in [6.07, 6.45) is 1.67. The summed E-state index contributed by atoms with van der Waals surface area (Å²) in [5.74, 6) is 0.